The maximum atomic E-state index is 8.96. The van der Waals surface area contributed by atoms with Gasteiger partial charge in [-0.05, 0) is 36.2 Å². The minimum absolute atomic E-state index is 0.497. The molecule has 20 heavy (non-hydrogen) atoms. The zero-order valence-corrected chi connectivity index (χ0v) is 11.2. The van der Waals surface area contributed by atoms with Crippen molar-refractivity contribution in [2.24, 2.45) is 0 Å². The van der Waals surface area contributed by atoms with Gasteiger partial charge in [0, 0.05) is 0 Å². The molecular formula is C16H14N4. The van der Waals surface area contributed by atoms with Gasteiger partial charge in [-0.15, -0.1) is 0 Å². The van der Waals surface area contributed by atoms with Gasteiger partial charge in [-0.3, -0.25) is 0 Å². The van der Waals surface area contributed by atoms with Crippen molar-refractivity contribution in [3.05, 3.63) is 59.2 Å². The number of para-hydroxylation sites is 1. The van der Waals surface area contributed by atoms with Crippen LogP contribution >= 0.6 is 0 Å². The van der Waals surface area contributed by atoms with Gasteiger partial charge in [-0.2, -0.15) is 5.26 Å². The van der Waals surface area contributed by atoms with Crippen LogP contribution in [0.1, 0.15) is 16.7 Å². The number of fused-ring (bicyclic) bond motifs is 1. The highest BCUT2D eigenvalue weighted by molar-refractivity contribution is 5.81. The summed E-state index contributed by atoms with van der Waals surface area (Å²) < 4.78 is 1.99. The highest BCUT2D eigenvalue weighted by Crippen LogP contribution is 2.22. The molecule has 3 rings (SSSR count). The van der Waals surface area contributed by atoms with Crippen molar-refractivity contribution in [2.45, 2.75) is 13.5 Å². The van der Waals surface area contributed by atoms with Crippen LogP contribution in [0.4, 0.5) is 5.95 Å². The summed E-state index contributed by atoms with van der Waals surface area (Å²) in [6, 6.07) is 15.7. The summed E-state index contributed by atoms with van der Waals surface area (Å²) in [4.78, 5) is 4.39. The molecule has 4 nitrogen and oxygen atoms in total. The van der Waals surface area contributed by atoms with Crippen LogP contribution in [-0.2, 0) is 6.54 Å². The third-order valence-corrected chi connectivity index (χ3v) is 3.39. The van der Waals surface area contributed by atoms with Gasteiger partial charge in [-0.1, -0.05) is 24.3 Å². The number of nitrogens with two attached hydrogens (primary N) is 1. The first kappa shape index (κ1) is 12.2. The molecule has 0 saturated heterocycles. The van der Waals surface area contributed by atoms with Crippen LogP contribution in [0.5, 0.6) is 0 Å². The Morgan fingerprint density at radius 2 is 2.05 bits per heavy atom. The van der Waals surface area contributed by atoms with E-state index in [2.05, 4.69) is 11.1 Å². The molecule has 0 aliphatic rings. The van der Waals surface area contributed by atoms with Crippen LogP contribution in [-0.4, -0.2) is 9.55 Å². The van der Waals surface area contributed by atoms with Crippen LogP contribution in [0, 0.1) is 18.3 Å². The van der Waals surface area contributed by atoms with Gasteiger partial charge in [0.05, 0.1) is 29.2 Å². The van der Waals surface area contributed by atoms with Crippen molar-refractivity contribution in [3.8, 4) is 6.07 Å². The fourth-order valence-corrected chi connectivity index (χ4v) is 2.47. The molecule has 0 aliphatic heterocycles. The van der Waals surface area contributed by atoms with Gasteiger partial charge >= 0.3 is 0 Å². The highest BCUT2D eigenvalue weighted by Gasteiger charge is 2.10. The average Bonchev–Trinajstić information content (AvgIpc) is 2.77. The average molecular weight is 262 g/mol. The lowest BCUT2D eigenvalue weighted by Gasteiger charge is -2.08. The number of nitrogens with zero attached hydrogens (tertiary/aromatic N) is 3. The Morgan fingerprint density at radius 3 is 2.85 bits per heavy atom. The molecule has 1 heterocycles. The summed E-state index contributed by atoms with van der Waals surface area (Å²) in [6.45, 7) is 2.66. The second kappa shape index (κ2) is 4.71. The lowest BCUT2D eigenvalue weighted by atomic mass is 10.1. The number of rotatable bonds is 2. The molecule has 0 radical (unpaired) electrons. The minimum Gasteiger partial charge on any atom is -0.369 e. The molecule has 0 aliphatic carbocycles. The summed E-state index contributed by atoms with van der Waals surface area (Å²) >= 11 is 0. The van der Waals surface area contributed by atoms with Gasteiger partial charge < -0.3 is 10.3 Å². The van der Waals surface area contributed by atoms with Gasteiger partial charge in [0.25, 0.3) is 0 Å². The fraction of sp³-hybridized carbons (Fsp3) is 0.125. The fourth-order valence-electron chi connectivity index (χ4n) is 2.47. The lowest BCUT2D eigenvalue weighted by molar-refractivity contribution is 0.836. The van der Waals surface area contributed by atoms with E-state index in [0.717, 1.165) is 22.2 Å². The van der Waals surface area contributed by atoms with E-state index < -0.39 is 0 Å². The zero-order chi connectivity index (χ0) is 14.1. The summed E-state index contributed by atoms with van der Waals surface area (Å²) in [5.41, 5.74) is 10.8. The van der Waals surface area contributed by atoms with Crippen molar-refractivity contribution in [1.29, 1.82) is 5.26 Å². The molecule has 0 bridgehead atoms. The molecule has 2 N–H and O–H groups in total. The van der Waals surface area contributed by atoms with Gasteiger partial charge in [0.15, 0.2) is 0 Å². The van der Waals surface area contributed by atoms with Crippen LogP contribution in [0.25, 0.3) is 11.0 Å². The first-order valence-electron chi connectivity index (χ1n) is 6.39. The number of nitrogen functional groups attached to an aromatic ring is 1. The van der Waals surface area contributed by atoms with Crippen LogP contribution in [0.3, 0.4) is 0 Å². The number of aryl methyl sites for hydroxylation is 1. The molecule has 0 amide bonds. The minimum atomic E-state index is 0.497. The van der Waals surface area contributed by atoms with Crippen molar-refractivity contribution in [3.63, 3.8) is 0 Å². The number of anilines is 1. The van der Waals surface area contributed by atoms with E-state index in [1.54, 1.807) is 6.07 Å². The van der Waals surface area contributed by atoms with E-state index in [-0.39, 0.29) is 0 Å². The third-order valence-electron chi connectivity index (χ3n) is 3.39. The summed E-state index contributed by atoms with van der Waals surface area (Å²) in [6.07, 6.45) is 0. The third kappa shape index (κ3) is 1.99. The second-order valence-electron chi connectivity index (χ2n) is 4.81. The summed E-state index contributed by atoms with van der Waals surface area (Å²) in [5, 5.41) is 8.96. The van der Waals surface area contributed by atoms with Gasteiger partial charge in [0.1, 0.15) is 0 Å². The van der Waals surface area contributed by atoms with Crippen LogP contribution in [0.2, 0.25) is 0 Å². The van der Waals surface area contributed by atoms with Crippen molar-refractivity contribution >= 4 is 17.0 Å². The second-order valence-corrected chi connectivity index (χ2v) is 4.81. The number of aromatic nitrogens is 2. The van der Waals surface area contributed by atoms with E-state index in [1.165, 1.54) is 0 Å². The highest BCUT2D eigenvalue weighted by atomic mass is 15.1. The maximum absolute atomic E-state index is 8.96. The molecule has 4 heteroatoms. The first-order valence-corrected chi connectivity index (χ1v) is 6.39. The number of imidazole rings is 1. The molecule has 2 aromatic carbocycles. The standard InChI is InChI=1S/C16H14N4/c1-11-4-2-7-14-15(11)20(16(18)19-14)10-13-6-3-5-12(8-13)9-17/h2-8H,10H2,1H3,(H2,18,19). The Kier molecular flexibility index (Phi) is 2.88. The van der Waals surface area contributed by atoms with Crippen LogP contribution in [0.15, 0.2) is 42.5 Å². The topological polar surface area (TPSA) is 67.6 Å². The molecule has 0 saturated carbocycles. The molecule has 0 fully saturated rings. The lowest BCUT2D eigenvalue weighted by Crippen LogP contribution is -2.05. The summed E-state index contributed by atoms with van der Waals surface area (Å²) in [5.74, 6) is 0.497. The first-order chi connectivity index (χ1) is 9.69. The van der Waals surface area contributed by atoms with Crippen LogP contribution < -0.4 is 5.73 Å². The van der Waals surface area contributed by atoms with Gasteiger partial charge in [-0.25, -0.2) is 4.98 Å². The molecule has 0 atom stereocenters. The predicted molar refractivity (Wildman–Crippen MR) is 79.1 cm³/mol. The zero-order valence-electron chi connectivity index (χ0n) is 11.2. The summed E-state index contributed by atoms with van der Waals surface area (Å²) in [7, 11) is 0. The van der Waals surface area contributed by atoms with E-state index >= 15 is 0 Å². The molecule has 3 aromatic rings. The number of nitriles is 1. The molecule has 98 valence electrons. The molecule has 0 spiro atoms. The normalized spacial score (nSPS) is 10.6. The predicted octanol–water partition coefficient (Wildman–Crippen LogP) is 2.85. The Labute approximate surface area is 117 Å². The van der Waals surface area contributed by atoms with E-state index in [4.69, 9.17) is 11.0 Å². The Morgan fingerprint density at radius 1 is 1.25 bits per heavy atom. The quantitative estimate of drug-likeness (QED) is 0.772. The van der Waals surface area contributed by atoms with Crippen molar-refractivity contribution in [2.75, 3.05) is 5.73 Å². The maximum Gasteiger partial charge on any atom is 0.201 e. The molecular weight excluding hydrogens is 248 g/mol. The molecule has 1 aromatic heterocycles. The Bertz CT molecular complexity index is 824. The smallest absolute Gasteiger partial charge is 0.201 e. The monoisotopic (exact) mass is 262 g/mol. The van der Waals surface area contributed by atoms with Gasteiger partial charge in [0.2, 0.25) is 5.95 Å². The number of hydrogen-bond acceptors (Lipinski definition) is 3. The van der Waals surface area contributed by atoms with E-state index in [9.17, 15) is 0 Å². The van der Waals surface area contributed by atoms with E-state index in [0.29, 0.717) is 18.1 Å². The largest absolute Gasteiger partial charge is 0.369 e. The van der Waals surface area contributed by atoms with Crippen molar-refractivity contribution < 1.29 is 0 Å². The Hall–Kier alpha value is -2.80. The number of hydrogen-bond donors (Lipinski definition) is 1. The Balaban J connectivity index is 2.11. The van der Waals surface area contributed by atoms with Crippen molar-refractivity contribution in [1.82, 2.24) is 9.55 Å². The van der Waals surface area contributed by atoms with E-state index in [1.807, 2.05) is 47.9 Å². The SMILES string of the molecule is Cc1cccc2nc(N)n(Cc3cccc(C#N)c3)c12. The number of benzene rings is 2. The molecule has 0 unspecified atom stereocenters.